The van der Waals surface area contributed by atoms with E-state index in [0.717, 1.165) is 20.6 Å². The zero-order valence-electron chi connectivity index (χ0n) is 9.91. The molecule has 0 heterocycles. The van der Waals surface area contributed by atoms with Crippen molar-refractivity contribution in [3.8, 4) is 0 Å². The van der Waals surface area contributed by atoms with E-state index in [1.54, 1.807) is 17.8 Å². The summed E-state index contributed by atoms with van der Waals surface area (Å²) in [7, 11) is 0. The Hall–Kier alpha value is -1.00. The predicted molar refractivity (Wildman–Crippen MR) is 79.3 cm³/mol. The molecule has 1 nitrogen and oxygen atoms in total. The third-order valence-electron chi connectivity index (χ3n) is 2.60. The van der Waals surface area contributed by atoms with Gasteiger partial charge in [0.15, 0.2) is 0 Å². The van der Waals surface area contributed by atoms with E-state index in [1.165, 1.54) is 6.07 Å². The van der Waals surface area contributed by atoms with Crippen molar-refractivity contribution >= 4 is 33.4 Å². The van der Waals surface area contributed by atoms with Gasteiger partial charge >= 0.3 is 0 Å². The summed E-state index contributed by atoms with van der Waals surface area (Å²) in [6.45, 7) is 2.01. The smallest absolute Gasteiger partial charge is 0.128 e. The van der Waals surface area contributed by atoms with Crippen molar-refractivity contribution in [2.45, 2.75) is 17.6 Å². The van der Waals surface area contributed by atoms with Gasteiger partial charge in [-0.2, -0.15) is 0 Å². The monoisotopic (exact) mass is 325 g/mol. The lowest BCUT2D eigenvalue weighted by Crippen LogP contribution is -1.90. The fraction of sp³-hybridized carbons (Fsp3) is 0.143. The number of aryl methyl sites for hydroxylation is 1. The van der Waals surface area contributed by atoms with Gasteiger partial charge in [0, 0.05) is 20.8 Å². The standard InChI is InChI=1S/C14H13BrFNS/c1-9-6-12(17)4-5-14(9)18-8-10-2-3-11(15)7-13(10)16/h2-7H,8,17H2,1H3. The lowest BCUT2D eigenvalue weighted by molar-refractivity contribution is 0.616. The summed E-state index contributed by atoms with van der Waals surface area (Å²) < 4.78 is 14.4. The number of nitrogen functional groups attached to an aromatic ring is 1. The molecule has 0 saturated heterocycles. The first-order valence-electron chi connectivity index (χ1n) is 5.49. The Morgan fingerprint density at radius 3 is 2.67 bits per heavy atom. The van der Waals surface area contributed by atoms with Crippen LogP contribution in [0.2, 0.25) is 0 Å². The summed E-state index contributed by atoms with van der Waals surface area (Å²) in [6, 6.07) is 10.9. The van der Waals surface area contributed by atoms with Gasteiger partial charge in [0.05, 0.1) is 0 Å². The number of hydrogen-bond acceptors (Lipinski definition) is 2. The minimum atomic E-state index is -0.176. The molecule has 2 N–H and O–H groups in total. The molecule has 0 fully saturated rings. The SMILES string of the molecule is Cc1cc(N)ccc1SCc1ccc(Br)cc1F. The second-order valence-electron chi connectivity index (χ2n) is 4.05. The number of rotatable bonds is 3. The van der Waals surface area contributed by atoms with Crippen LogP contribution < -0.4 is 5.73 Å². The quantitative estimate of drug-likeness (QED) is 0.649. The molecule has 18 heavy (non-hydrogen) atoms. The molecule has 4 heteroatoms. The Labute approximate surface area is 119 Å². The molecule has 0 amide bonds. The lowest BCUT2D eigenvalue weighted by Gasteiger charge is -2.07. The Morgan fingerprint density at radius 2 is 2.00 bits per heavy atom. The largest absolute Gasteiger partial charge is 0.399 e. The van der Waals surface area contributed by atoms with E-state index in [4.69, 9.17) is 5.73 Å². The van der Waals surface area contributed by atoms with Gasteiger partial charge in [-0.1, -0.05) is 22.0 Å². The van der Waals surface area contributed by atoms with Gasteiger partial charge in [-0.05, 0) is 48.4 Å². The molecule has 0 bridgehead atoms. The van der Waals surface area contributed by atoms with E-state index in [1.807, 2.05) is 31.2 Å². The van der Waals surface area contributed by atoms with Gasteiger partial charge in [0.1, 0.15) is 5.82 Å². The number of nitrogens with two attached hydrogens (primary N) is 1. The molecule has 0 aromatic heterocycles. The van der Waals surface area contributed by atoms with Gasteiger partial charge in [-0.3, -0.25) is 0 Å². The molecule has 0 aliphatic carbocycles. The number of anilines is 1. The molecule has 2 rings (SSSR count). The van der Waals surface area contributed by atoms with Crippen LogP contribution in [0.4, 0.5) is 10.1 Å². The van der Waals surface area contributed by atoms with Crippen LogP contribution in [0.1, 0.15) is 11.1 Å². The Balaban J connectivity index is 2.11. The van der Waals surface area contributed by atoms with Gasteiger partial charge in [0.2, 0.25) is 0 Å². The molecular weight excluding hydrogens is 313 g/mol. The molecule has 0 aliphatic heterocycles. The highest BCUT2D eigenvalue weighted by Gasteiger charge is 2.05. The molecule has 2 aromatic rings. The van der Waals surface area contributed by atoms with Crippen LogP contribution in [0, 0.1) is 12.7 Å². The van der Waals surface area contributed by atoms with E-state index in [0.29, 0.717) is 11.3 Å². The second kappa shape index (κ2) is 5.76. The Kier molecular flexibility index (Phi) is 4.30. The van der Waals surface area contributed by atoms with Gasteiger partial charge in [-0.15, -0.1) is 11.8 Å². The number of halogens is 2. The maximum atomic E-state index is 13.7. The van der Waals surface area contributed by atoms with Gasteiger partial charge in [0.25, 0.3) is 0 Å². The zero-order valence-corrected chi connectivity index (χ0v) is 12.3. The van der Waals surface area contributed by atoms with Gasteiger partial charge in [-0.25, -0.2) is 4.39 Å². The summed E-state index contributed by atoms with van der Waals surface area (Å²) in [5, 5.41) is 0. The van der Waals surface area contributed by atoms with Gasteiger partial charge < -0.3 is 5.73 Å². The minimum Gasteiger partial charge on any atom is -0.399 e. The summed E-state index contributed by atoms with van der Waals surface area (Å²) in [5.74, 6) is 0.439. The van der Waals surface area contributed by atoms with E-state index in [2.05, 4.69) is 15.9 Å². The van der Waals surface area contributed by atoms with Crippen LogP contribution in [0.15, 0.2) is 45.8 Å². The van der Waals surface area contributed by atoms with Crippen LogP contribution in [0.5, 0.6) is 0 Å². The first-order valence-corrected chi connectivity index (χ1v) is 7.27. The highest BCUT2D eigenvalue weighted by Crippen LogP contribution is 2.28. The van der Waals surface area contributed by atoms with E-state index < -0.39 is 0 Å². The maximum Gasteiger partial charge on any atom is 0.128 e. The fourth-order valence-electron chi connectivity index (χ4n) is 1.63. The fourth-order valence-corrected chi connectivity index (χ4v) is 2.96. The predicted octanol–water partition coefficient (Wildman–Crippen LogP) is 4.77. The Bertz CT molecular complexity index is 520. The molecule has 0 saturated carbocycles. The number of benzene rings is 2. The van der Waals surface area contributed by atoms with Crippen LogP contribution in [0.3, 0.4) is 0 Å². The molecule has 2 aromatic carbocycles. The highest BCUT2D eigenvalue weighted by atomic mass is 79.9. The third-order valence-corrected chi connectivity index (χ3v) is 4.31. The van der Waals surface area contributed by atoms with Crippen molar-refractivity contribution in [1.82, 2.24) is 0 Å². The summed E-state index contributed by atoms with van der Waals surface area (Å²) >= 11 is 4.87. The van der Waals surface area contributed by atoms with Crippen molar-refractivity contribution in [2.24, 2.45) is 0 Å². The summed E-state index contributed by atoms with van der Waals surface area (Å²) in [6.07, 6.45) is 0. The van der Waals surface area contributed by atoms with Crippen molar-refractivity contribution in [3.05, 3.63) is 57.8 Å². The van der Waals surface area contributed by atoms with Crippen LogP contribution >= 0.6 is 27.7 Å². The molecular formula is C14H13BrFNS. The molecule has 0 radical (unpaired) electrons. The lowest BCUT2D eigenvalue weighted by atomic mass is 10.2. The summed E-state index contributed by atoms with van der Waals surface area (Å²) in [4.78, 5) is 1.13. The average molecular weight is 326 g/mol. The highest BCUT2D eigenvalue weighted by molar-refractivity contribution is 9.10. The Morgan fingerprint density at radius 1 is 1.22 bits per heavy atom. The van der Waals surface area contributed by atoms with Crippen molar-refractivity contribution < 1.29 is 4.39 Å². The second-order valence-corrected chi connectivity index (χ2v) is 5.98. The molecule has 0 aliphatic rings. The number of hydrogen-bond donors (Lipinski definition) is 1. The normalized spacial score (nSPS) is 10.6. The molecule has 94 valence electrons. The minimum absolute atomic E-state index is 0.176. The van der Waals surface area contributed by atoms with E-state index >= 15 is 0 Å². The van der Waals surface area contributed by atoms with Crippen LogP contribution in [-0.2, 0) is 5.75 Å². The van der Waals surface area contributed by atoms with Crippen molar-refractivity contribution in [3.63, 3.8) is 0 Å². The van der Waals surface area contributed by atoms with Crippen LogP contribution in [-0.4, -0.2) is 0 Å². The van der Waals surface area contributed by atoms with Crippen molar-refractivity contribution in [2.75, 3.05) is 5.73 Å². The van der Waals surface area contributed by atoms with E-state index in [-0.39, 0.29) is 5.82 Å². The van der Waals surface area contributed by atoms with Crippen molar-refractivity contribution in [1.29, 1.82) is 0 Å². The first kappa shape index (κ1) is 13.4. The topological polar surface area (TPSA) is 26.0 Å². The summed E-state index contributed by atoms with van der Waals surface area (Å²) in [5.41, 5.74) is 8.29. The molecule has 0 atom stereocenters. The third kappa shape index (κ3) is 3.27. The molecule has 0 unspecified atom stereocenters. The zero-order chi connectivity index (χ0) is 13.1. The van der Waals surface area contributed by atoms with Crippen LogP contribution in [0.25, 0.3) is 0 Å². The van der Waals surface area contributed by atoms with E-state index in [9.17, 15) is 4.39 Å². The first-order chi connectivity index (χ1) is 8.56. The average Bonchev–Trinajstić information content (AvgIpc) is 2.30. The molecule has 0 spiro atoms. The number of thioether (sulfide) groups is 1. The maximum absolute atomic E-state index is 13.7.